The Morgan fingerprint density at radius 1 is 1.50 bits per heavy atom. The van der Waals surface area contributed by atoms with Gasteiger partial charge in [0.25, 0.3) is 0 Å². The Balaban J connectivity index is 2.62. The summed E-state index contributed by atoms with van der Waals surface area (Å²) < 4.78 is 5.41. The van der Waals surface area contributed by atoms with Crippen LogP contribution in [0.5, 0.6) is 5.75 Å². The van der Waals surface area contributed by atoms with Gasteiger partial charge in [-0.15, -0.1) is 0 Å². The van der Waals surface area contributed by atoms with Gasteiger partial charge in [-0.3, -0.25) is 0 Å². The number of anilines is 1. The van der Waals surface area contributed by atoms with Crippen molar-refractivity contribution >= 4 is 5.69 Å². The highest BCUT2D eigenvalue weighted by molar-refractivity contribution is 5.59. The van der Waals surface area contributed by atoms with Crippen LogP contribution in [0.2, 0.25) is 0 Å². The van der Waals surface area contributed by atoms with Gasteiger partial charge in [0, 0.05) is 23.7 Å². The highest BCUT2D eigenvalue weighted by Gasteiger charge is 2.21. The predicted octanol–water partition coefficient (Wildman–Crippen LogP) is 0.923. The quantitative estimate of drug-likeness (QED) is 0.594. The molecule has 0 saturated carbocycles. The number of nitrogens with two attached hydrogens (primary N) is 2. The molecule has 1 aliphatic rings. The molecule has 2 rings (SSSR count). The summed E-state index contributed by atoms with van der Waals surface area (Å²) in [5.74, 6) is 0.598. The van der Waals surface area contributed by atoms with Gasteiger partial charge in [-0.25, -0.2) is 0 Å². The van der Waals surface area contributed by atoms with Crippen LogP contribution in [0.1, 0.15) is 23.6 Å². The van der Waals surface area contributed by atoms with Gasteiger partial charge in [0.1, 0.15) is 11.8 Å². The zero-order chi connectivity index (χ0) is 10.1. The Morgan fingerprint density at radius 3 is 3.00 bits per heavy atom. The molecule has 0 aliphatic carbocycles. The number of nitrogens with zero attached hydrogens (tertiary/aromatic N) is 1. The Hall–Kier alpha value is -1.73. The topological polar surface area (TPSA) is 85.1 Å². The molecule has 4 N–H and O–H groups in total. The van der Waals surface area contributed by atoms with Crippen molar-refractivity contribution in [2.45, 2.75) is 12.5 Å². The lowest BCUT2D eigenvalue weighted by Gasteiger charge is -2.23. The van der Waals surface area contributed by atoms with E-state index >= 15 is 0 Å². The Bertz CT molecular complexity index is 409. The third-order valence-corrected chi connectivity index (χ3v) is 2.34. The molecule has 0 amide bonds. The summed E-state index contributed by atoms with van der Waals surface area (Å²) in [5.41, 5.74) is 13.4. The second-order valence-corrected chi connectivity index (χ2v) is 3.34. The van der Waals surface area contributed by atoms with Gasteiger partial charge in [-0.1, -0.05) is 0 Å². The van der Waals surface area contributed by atoms with Crippen molar-refractivity contribution < 1.29 is 4.74 Å². The fraction of sp³-hybridized carbons (Fsp3) is 0.300. The number of fused-ring (bicyclic) bond motifs is 1. The van der Waals surface area contributed by atoms with Crippen LogP contribution in [-0.2, 0) is 0 Å². The van der Waals surface area contributed by atoms with Crippen molar-refractivity contribution in [2.75, 3.05) is 12.3 Å². The maximum Gasteiger partial charge on any atom is 0.141 e. The highest BCUT2D eigenvalue weighted by atomic mass is 16.5. The van der Waals surface area contributed by atoms with Gasteiger partial charge in [-0.05, 0) is 12.1 Å². The van der Waals surface area contributed by atoms with E-state index in [1.54, 1.807) is 12.1 Å². The molecule has 72 valence electrons. The molecule has 0 bridgehead atoms. The zero-order valence-electron chi connectivity index (χ0n) is 7.66. The van der Waals surface area contributed by atoms with Gasteiger partial charge in [0.2, 0.25) is 0 Å². The van der Waals surface area contributed by atoms with Crippen molar-refractivity contribution in [3.05, 3.63) is 23.3 Å². The Kier molecular flexibility index (Phi) is 2.02. The summed E-state index contributed by atoms with van der Waals surface area (Å²) >= 11 is 0. The molecular weight excluding hydrogens is 178 g/mol. The summed E-state index contributed by atoms with van der Waals surface area (Å²) in [6.07, 6.45) is 0.765. The van der Waals surface area contributed by atoms with Gasteiger partial charge in [0.05, 0.1) is 12.2 Å². The molecule has 0 radical (unpaired) electrons. The first-order valence-corrected chi connectivity index (χ1v) is 4.44. The van der Waals surface area contributed by atoms with Gasteiger partial charge in [0.15, 0.2) is 0 Å². The number of benzene rings is 1. The summed E-state index contributed by atoms with van der Waals surface area (Å²) in [5, 5.41) is 8.88. The lowest BCUT2D eigenvalue weighted by molar-refractivity contribution is 0.268. The van der Waals surface area contributed by atoms with E-state index in [9.17, 15) is 0 Å². The first kappa shape index (κ1) is 8.85. The lowest BCUT2D eigenvalue weighted by atomic mass is 9.98. The summed E-state index contributed by atoms with van der Waals surface area (Å²) in [6.45, 7) is 0.562. The standard InChI is InChI=1S/C10H11N3O/c11-5-6-3-7(12)4-8-9(13)1-2-14-10(6)8/h3-4,9H,1-2,12-13H2/t9-/m1/s1. The van der Waals surface area contributed by atoms with E-state index in [0.29, 0.717) is 23.6 Å². The second-order valence-electron chi connectivity index (χ2n) is 3.34. The maximum absolute atomic E-state index is 8.88. The molecule has 1 aromatic carbocycles. The van der Waals surface area contributed by atoms with E-state index in [2.05, 4.69) is 6.07 Å². The van der Waals surface area contributed by atoms with E-state index in [1.165, 1.54) is 0 Å². The molecule has 0 saturated heterocycles. The third kappa shape index (κ3) is 1.28. The minimum absolute atomic E-state index is 0.0747. The number of nitrogen functional groups attached to an aromatic ring is 1. The second kappa shape index (κ2) is 3.20. The van der Waals surface area contributed by atoms with E-state index in [1.807, 2.05) is 0 Å². The van der Waals surface area contributed by atoms with E-state index in [0.717, 1.165) is 12.0 Å². The van der Waals surface area contributed by atoms with Crippen LogP contribution in [0.25, 0.3) is 0 Å². The van der Waals surface area contributed by atoms with Crippen LogP contribution in [0.3, 0.4) is 0 Å². The molecule has 1 atom stereocenters. The van der Waals surface area contributed by atoms with Crippen molar-refractivity contribution in [3.8, 4) is 11.8 Å². The van der Waals surface area contributed by atoms with Crippen LogP contribution >= 0.6 is 0 Å². The summed E-state index contributed by atoms with van der Waals surface area (Å²) in [7, 11) is 0. The molecule has 4 nitrogen and oxygen atoms in total. The SMILES string of the molecule is N#Cc1cc(N)cc2c1OCC[C@H]2N. The monoisotopic (exact) mass is 189 g/mol. The Labute approximate surface area is 82.1 Å². The van der Waals surface area contributed by atoms with Gasteiger partial charge < -0.3 is 16.2 Å². The van der Waals surface area contributed by atoms with Crippen molar-refractivity contribution in [1.29, 1.82) is 5.26 Å². The minimum atomic E-state index is -0.0747. The fourth-order valence-electron chi connectivity index (χ4n) is 1.64. The van der Waals surface area contributed by atoms with Gasteiger partial charge >= 0.3 is 0 Å². The zero-order valence-corrected chi connectivity index (χ0v) is 7.66. The molecule has 1 heterocycles. The predicted molar refractivity (Wildman–Crippen MR) is 52.6 cm³/mol. The molecule has 0 unspecified atom stereocenters. The first-order chi connectivity index (χ1) is 6.72. The summed E-state index contributed by atoms with van der Waals surface area (Å²) in [4.78, 5) is 0. The first-order valence-electron chi connectivity index (χ1n) is 4.44. The van der Waals surface area contributed by atoms with Crippen molar-refractivity contribution in [3.63, 3.8) is 0 Å². The fourth-order valence-corrected chi connectivity index (χ4v) is 1.64. The van der Waals surface area contributed by atoms with Crippen molar-refractivity contribution in [2.24, 2.45) is 5.73 Å². The largest absolute Gasteiger partial charge is 0.492 e. The molecule has 1 aromatic rings. The molecule has 0 spiro atoms. The van der Waals surface area contributed by atoms with Crippen LogP contribution < -0.4 is 16.2 Å². The van der Waals surface area contributed by atoms with Crippen LogP contribution in [0.15, 0.2) is 12.1 Å². The minimum Gasteiger partial charge on any atom is -0.492 e. The lowest BCUT2D eigenvalue weighted by Crippen LogP contribution is -2.21. The molecule has 14 heavy (non-hydrogen) atoms. The van der Waals surface area contributed by atoms with E-state index in [-0.39, 0.29) is 6.04 Å². The molecule has 4 heteroatoms. The maximum atomic E-state index is 8.88. The molecule has 0 aromatic heterocycles. The molecule has 0 fully saturated rings. The number of hydrogen-bond donors (Lipinski definition) is 2. The van der Waals surface area contributed by atoms with Crippen LogP contribution in [0, 0.1) is 11.3 Å². The van der Waals surface area contributed by atoms with Crippen molar-refractivity contribution in [1.82, 2.24) is 0 Å². The van der Waals surface area contributed by atoms with E-state index in [4.69, 9.17) is 21.5 Å². The average molecular weight is 189 g/mol. The smallest absolute Gasteiger partial charge is 0.141 e. The number of nitriles is 1. The van der Waals surface area contributed by atoms with Gasteiger partial charge in [-0.2, -0.15) is 5.26 Å². The van der Waals surface area contributed by atoms with Crippen LogP contribution in [0.4, 0.5) is 5.69 Å². The molecular formula is C10H11N3O. The van der Waals surface area contributed by atoms with E-state index < -0.39 is 0 Å². The average Bonchev–Trinajstić information content (AvgIpc) is 2.18. The number of hydrogen-bond acceptors (Lipinski definition) is 4. The number of ether oxygens (including phenoxy) is 1. The summed E-state index contributed by atoms with van der Waals surface area (Å²) in [6, 6.07) is 5.37. The normalized spacial score (nSPS) is 19.3. The highest BCUT2D eigenvalue weighted by Crippen LogP contribution is 2.35. The Morgan fingerprint density at radius 2 is 2.29 bits per heavy atom. The van der Waals surface area contributed by atoms with Crippen LogP contribution in [-0.4, -0.2) is 6.61 Å². The third-order valence-electron chi connectivity index (χ3n) is 2.34. The number of rotatable bonds is 0. The molecule has 1 aliphatic heterocycles.